The molecule has 184 valence electrons. The van der Waals surface area contributed by atoms with E-state index < -0.39 is 36.3 Å². The van der Waals surface area contributed by atoms with Crippen LogP contribution in [-0.4, -0.2) is 51.6 Å². The monoisotopic (exact) mass is 543 g/mol. The molecule has 7 nitrogen and oxygen atoms in total. The van der Waals surface area contributed by atoms with Gasteiger partial charge in [0.05, 0.1) is 23.6 Å². The summed E-state index contributed by atoms with van der Waals surface area (Å²) in [5, 5.41) is 18.0. The molecule has 1 N–H and O–H groups in total. The second kappa shape index (κ2) is 8.99. The highest BCUT2D eigenvalue weighted by molar-refractivity contribution is 9.10. The van der Waals surface area contributed by atoms with Crippen molar-refractivity contribution in [3.8, 4) is 0 Å². The first-order valence-electron chi connectivity index (χ1n) is 10.9. The number of aryl methyl sites for hydroxylation is 1. The van der Waals surface area contributed by atoms with E-state index in [2.05, 4.69) is 26.2 Å². The van der Waals surface area contributed by atoms with E-state index in [-0.39, 0.29) is 36.1 Å². The number of hydrogen-bond acceptors (Lipinski definition) is 6. The molecule has 0 bridgehead atoms. The first-order valence-corrected chi connectivity index (χ1v) is 11.7. The van der Waals surface area contributed by atoms with E-state index in [4.69, 9.17) is 9.36 Å². The number of aliphatic hydroxyl groups is 1. The molecule has 2 aromatic rings. The molecule has 3 heterocycles. The Morgan fingerprint density at radius 2 is 1.97 bits per heavy atom. The minimum atomic E-state index is -4.75. The highest BCUT2D eigenvalue weighted by Crippen LogP contribution is 2.49. The molecular weight excluding hydrogens is 519 g/mol. The Kier molecular flexibility index (Phi) is 6.54. The number of likely N-dealkylation sites (tertiary alicyclic amines) is 1. The minimum Gasteiger partial charge on any atom is -0.391 e. The Labute approximate surface area is 203 Å². The SMILES string of the molecule is Cc1cc([C@H](C(=O)N2C[C@H](O)C[C@H]2C2=NO[C@](c3ccc(Br)cc3)(C(F)(F)F)C2)C(C)C)on1. The van der Waals surface area contributed by atoms with Gasteiger partial charge < -0.3 is 19.4 Å². The lowest BCUT2D eigenvalue weighted by Crippen LogP contribution is -2.47. The molecule has 0 spiro atoms. The van der Waals surface area contributed by atoms with E-state index >= 15 is 0 Å². The van der Waals surface area contributed by atoms with Gasteiger partial charge in [0.2, 0.25) is 5.91 Å². The zero-order valence-corrected chi connectivity index (χ0v) is 20.4. The summed E-state index contributed by atoms with van der Waals surface area (Å²) in [6.45, 7) is 5.41. The summed E-state index contributed by atoms with van der Waals surface area (Å²) in [4.78, 5) is 20.1. The number of aliphatic hydroxyl groups excluding tert-OH is 1. The average molecular weight is 544 g/mol. The van der Waals surface area contributed by atoms with Gasteiger partial charge in [-0.1, -0.05) is 52.2 Å². The van der Waals surface area contributed by atoms with E-state index in [0.29, 0.717) is 15.9 Å². The van der Waals surface area contributed by atoms with Crippen LogP contribution in [0.4, 0.5) is 13.2 Å². The van der Waals surface area contributed by atoms with Crippen LogP contribution in [0.2, 0.25) is 0 Å². The number of aromatic nitrogens is 1. The van der Waals surface area contributed by atoms with Crippen LogP contribution < -0.4 is 0 Å². The maximum Gasteiger partial charge on any atom is 0.435 e. The maximum atomic E-state index is 14.3. The van der Waals surface area contributed by atoms with Crippen molar-refractivity contribution in [3.05, 3.63) is 51.8 Å². The predicted molar refractivity (Wildman–Crippen MR) is 120 cm³/mol. The molecule has 1 amide bonds. The van der Waals surface area contributed by atoms with Crippen LogP contribution in [0, 0.1) is 12.8 Å². The number of carbonyl (C=O) groups excluding carboxylic acids is 1. The van der Waals surface area contributed by atoms with Crippen molar-refractivity contribution in [3.63, 3.8) is 0 Å². The molecule has 1 saturated heterocycles. The largest absolute Gasteiger partial charge is 0.435 e. The molecule has 0 unspecified atom stereocenters. The normalized spacial score (nSPS) is 26.0. The van der Waals surface area contributed by atoms with Gasteiger partial charge in [0.15, 0.2) is 0 Å². The fraction of sp³-hybridized carbons (Fsp3) is 0.522. The topological polar surface area (TPSA) is 88.2 Å². The lowest BCUT2D eigenvalue weighted by molar-refractivity contribution is -0.275. The average Bonchev–Trinajstić information content (AvgIpc) is 3.46. The second-order valence-electron chi connectivity index (χ2n) is 9.17. The quantitative estimate of drug-likeness (QED) is 0.591. The molecule has 4 atom stereocenters. The number of nitrogens with zero attached hydrogens (tertiary/aromatic N) is 3. The Bertz CT molecular complexity index is 1090. The Balaban J connectivity index is 1.64. The van der Waals surface area contributed by atoms with Gasteiger partial charge in [-0.05, 0) is 25.0 Å². The van der Waals surface area contributed by atoms with Gasteiger partial charge in [0.25, 0.3) is 5.60 Å². The number of carbonyl (C=O) groups is 1. The molecule has 1 fully saturated rings. The summed E-state index contributed by atoms with van der Waals surface area (Å²) in [5.41, 5.74) is -2.06. The molecule has 34 heavy (non-hydrogen) atoms. The lowest BCUT2D eigenvalue weighted by atomic mass is 9.85. The van der Waals surface area contributed by atoms with Crippen LogP contribution in [0.25, 0.3) is 0 Å². The summed E-state index contributed by atoms with van der Waals surface area (Å²) in [7, 11) is 0. The Morgan fingerprint density at radius 3 is 2.53 bits per heavy atom. The third-order valence-electron chi connectivity index (χ3n) is 6.35. The molecular formula is C23H25BrF3N3O4. The maximum absolute atomic E-state index is 14.3. The van der Waals surface area contributed by atoms with Gasteiger partial charge in [-0.25, -0.2) is 0 Å². The number of amides is 1. The van der Waals surface area contributed by atoms with Crippen LogP contribution in [0.5, 0.6) is 0 Å². The van der Waals surface area contributed by atoms with E-state index in [1.54, 1.807) is 13.0 Å². The van der Waals surface area contributed by atoms with Gasteiger partial charge in [0.1, 0.15) is 11.7 Å². The lowest BCUT2D eigenvalue weighted by Gasteiger charge is -2.31. The fourth-order valence-electron chi connectivity index (χ4n) is 4.64. The number of halogens is 4. The molecule has 4 rings (SSSR count). The predicted octanol–water partition coefficient (Wildman–Crippen LogP) is 4.68. The molecule has 11 heteroatoms. The molecule has 2 aliphatic rings. The zero-order valence-electron chi connectivity index (χ0n) is 18.8. The van der Waals surface area contributed by atoms with Crippen molar-refractivity contribution in [1.82, 2.24) is 10.1 Å². The first-order chi connectivity index (χ1) is 15.9. The number of alkyl halides is 3. The van der Waals surface area contributed by atoms with Crippen LogP contribution in [0.15, 0.2) is 44.5 Å². The summed E-state index contributed by atoms with van der Waals surface area (Å²) in [5.74, 6) is -0.849. The van der Waals surface area contributed by atoms with E-state index in [1.807, 2.05) is 13.8 Å². The van der Waals surface area contributed by atoms with E-state index in [9.17, 15) is 23.1 Å². The zero-order chi connectivity index (χ0) is 24.8. The molecule has 1 aromatic heterocycles. The van der Waals surface area contributed by atoms with Crippen molar-refractivity contribution in [1.29, 1.82) is 0 Å². The molecule has 0 saturated carbocycles. The van der Waals surface area contributed by atoms with Crippen LogP contribution >= 0.6 is 15.9 Å². The molecule has 1 aromatic carbocycles. The summed E-state index contributed by atoms with van der Waals surface area (Å²) >= 11 is 3.23. The number of benzene rings is 1. The minimum absolute atomic E-state index is 0.0177. The van der Waals surface area contributed by atoms with Crippen LogP contribution in [0.3, 0.4) is 0 Å². The summed E-state index contributed by atoms with van der Waals surface area (Å²) in [6, 6.07) is 6.53. The summed E-state index contributed by atoms with van der Waals surface area (Å²) < 4.78 is 48.8. The van der Waals surface area contributed by atoms with Crippen molar-refractivity contribution < 1.29 is 32.4 Å². The first kappa shape index (κ1) is 24.7. The van der Waals surface area contributed by atoms with Crippen LogP contribution in [-0.2, 0) is 15.2 Å². The third-order valence-corrected chi connectivity index (χ3v) is 6.88. The number of β-amino-alcohol motifs (C(OH)–C–C–N with tert-alkyl or cyclic N) is 1. The second-order valence-corrected chi connectivity index (χ2v) is 10.1. The highest BCUT2D eigenvalue weighted by atomic mass is 79.9. The van der Waals surface area contributed by atoms with Crippen molar-refractivity contribution in [2.75, 3.05) is 6.54 Å². The van der Waals surface area contributed by atoms with E-state index in [0.717, 1.165) is 0 Å². The number of oxime groups is 1. The van der Waals surface area contributed by atoms with Gasteiger partial charge >= 0.3 is 6.18 Å². The van der Waals surface area contributed by atoms with Crippen molar-refractivity contribution >= 4 is 27.5 Å². The number of rotatable bonds is 5. The van der Waals surface area contributed by atoms with Gasteiger partial charge in [-0.15, -0.1) is 0 Å². The summed E-state index contributed by atoms with van der Waals surface area (Å²) in [6.07, 6.45) is -6.15. The smallest absolute Gasteiger partial charge is 0.391 e. The van der Waals surface area contributed by atoms with Gasteiger partial charge in [0, 0.05) is 35.5 Å². The molecule has 0 aliphatic carbocycles. The van der Waals surface area contributed by atoms with Crippen LogP contribution in [0.1, 0.15) is 49.6 Å². The van der Waals surface area contributed by atoms with E-state index in [1.165, 1.54) is 29.2 Å². The standard InChI is InChI=1S/C23H25BrF3N3O4/c1-12(2)20(19-8-13(3)28-33-19)21(32)30-11-16(31)9-18(30)17-10-22(34-29-17,23(25,26)27)14-4-6-15(24)7-5-14/h4-8,12,16,18,20,31H,9-11H2,1-3H3/t16-,18+,20-,22-/m1/s1. The fourth-order valence-corrected chi connectivity index (χ4v) is 4.91. The Hall–Kier alpha value is -2.40. The number of hydrogen-bond donors (Lipinski definition) is 1. The molecule has 2 aliphatic heterocycles. The van der Waals surface area contributed by atoms with Crippen molar-refractivity contribution in [2.24, 2.45) is 11.1 Å². The van der Waals surface area contributed by atoms with Gasteiger partial charge in [-0.3, -0.25) is 4.79 Å². The Morgan fingerprint density at radius 1 is 1.29 bits per heavy atom. The molecule has 0 radical (unpaired) electrons. The van der Waals surface area contributed by atoms with Crippen molar-refractivity contribution in [2.45, 2.75) is 63.5 Å². The third kappa shape index (κ3) is 4.35. The van der Waals surface area contributed by atoms with Gasteiger partial charge in [-0.2, -0.15) is 13.2 Å². The highest BCUT2D eigenvalue weighted by Gasteiger charge is 2.63.